The molecule has 1 aliphatic carbocycles. The molecule has 0 saturated heterocycles. The van der Waals surface area contributed by atoms with Crippen molar-refractivity contribution in [1.29, 1.82) is 0 Å². The molecule has 0 aliphatic heterocycles. The van der Waals surface area contributed by atoms with Crippen LogP contribution in [0.3, 0.4) is 0 Å². The van der Waals surface area contributed by atoms with Crippen LogP contribution < -0.4 is 10.1 Å². The lowest BCUT2D eigenvalue weighted by molar-refractivity contribution is -0.143. The van der Waals surface area contributed by atoms with Gasteiger partial charge in [-0.2, -0.15) is 0 Å². The highest BCUT2D eigenvalue weighted by Crippen LogP contribution is 2.25. The largest absolute Gasteiger partial charge is 0.484 e. The summed E-state index contributed by atoms with van der Waals surface area (Å²) in [4.78, 5) is 27.9. The van der Waals surface area contributed by atoms with E-state index in [4.69, 9.17) is 27.9 Å². The minimum absolute atomic E-state index is 0.132. The van der Waals surface area contributed by atoms with Crippen LogP contribution in [0.4, 0.5) is 0 Å². The Morgan fingerprint density at radius 2 is 1.84 bits per heavy atom. The van der Waals surface area contributed by atoms with Crippen molar-refractivity contribution in [3.05, 3.63) is 61.6 Å². The quantitative estimate of drug-likeness (QED) is 0.374. The Morgan fingerprint density at radius 1 is 1.16 bits per heavy atom. The number of nitrogens with one attached hydrogen (secondary N) is 1. The number of halogens is 3. The predicted molar refractivity (Wildman–Crippen MR) is 136 cm³/mol. The summed E-state index contributed by atoms with van der Waals surface area (Å²) in [6.45, 7) is 1.93. The number of amides is 2. The van der Waals surface area contributed by atoms with Crippen molar-refractivity contribution in [2.24, 2.45) is 0 Å². The Balaban J connectivity index is 1.78. The van der Waals surface area contributed by atoms with Crippen LogP contribution in [0.2, 0.25) is 10.0 Å². The van der Waals surface area contributed by atoms with Gasteiger partial charge in [-0.3, -0.25) is 9.59 Å². The molecule has 3 rings (SSSR count). The van der Waals surface area contributed by atoms with E-state index in [2.05, 4.69) is 27.9 Å². The summed E-state index contributed by atoms with van der Waals surface area (Å²) >= 11 is 14.6. The Bertz CT molecular complexity index is 933. The number of rotatable bonds is 9. The highest BCUT2D eigenvalue weighted by atomic mass is 127. The van der Waals surface area contributed by atoms with Gasteiger partial charge in [0.2, 0.25) is 5.91 Å². The zero-order valence-corrected chi connectivity index (χ0v) is 21.6. The van der Waals surface area contributed by atoms with E-state index in [9.17, 15) is 9.59 Å². The molecule has 1 N–H and O–H groups in total. The monoisotopic (exact) mass is 588 g/mol. The topological polar surface area (TPSA) is 58.6 Å². The van der Waals surface area contributed by atoms with E-state index in [1.165, 1.54) is 0 Å². The zero-order chi connectivity index (χ0) is 23.1. The first-order valence-electron chi connectivity index (χ1n) is 10.8. The SMILES string of the molecule is CC[C@H](C(=O)NC1CCCC1)N(Cc1ccc(Cl)cc1Cl)C(=O)COc1ccc(I)cc1. The number of hydrogen-bond acceptors (Lipinski definition) is 3. The van der Waals surface area contributed by atoms with Gasteiger partial charge in [0, 0.05) is 26.2 Å². The first-order valence-corrected chi connectivity index (χ1v) is 12.6. The van der Waals surface area contributed by atoms with E-state index >= 15 is 0 Å². The lowest BCUT2D eigenvalue weighted by Crippen LogP contribution is -2.52. The van der Waals surface area contributed by atoms with Crippen LogP contribution in [0.5, 0.6) is 5.75 Å². The zero-order valence-electron chi connectivity index (χ0n) is 18.0. The molecular weight excluding hydrogens is 562 g/mol. The van der Waals surface area contributed by atoms with Crippen molar-refractivity contribution in [3.63, 3.8) is 0 Å². The molecule has 0 radical (unpaired) electrons. The molecule has 2 aromatic carbocycles. The first-order chi connectivity index (χ1) is 15.4. The molecule has 0 spiro atoms. The van der Waals surface area contributed by atoms with Crippen LogP contribution in [-0.4, -0.2) is 35.4 Å². The average Bonchev–Trinajstić information content (AvgIpc) is 3.27. The lowest BCUT2D eigenvalue weighted by Gasteiger charge is -2.31. The third kappa shape index (κ3) is 6.99. The van der Waals surface area contributed by atoms with Gasteiger partial charge < -0.3 is 15.0 Å². The fourth-order valence-corrected chi connectivity index (χ4v) is 4.71. The van der Waals surface area contributed by atoms with Crippen molar-refractivity contribution in [2.75, 3.05) is 6.61 Å². The highest BCUT2D eigenvalue weighted by molar-refractivity contribution is 14.1. The van der Waals surface area contributed by atoms with E-state index in [-0.39, 0.29) is 31.0 Å². The van der Waals surface area contributed by atoms with Gasteiger partial charge in [0.1, 0.15) is 11.8 Å². The second-order valence-corrected chi connectivity index (χ2v) is 10.0. The number of carbonyl (C=O) groups is 2. The second kappa shape index (κ2) is 12.1. The molecule has 2 aromatic rings. The van der Waals surface area contributed by atoms with Crippen LogP contribution in [-0.2, 0) is 16.1 Å². The maximum Gasteiger partial charge on any atom is 0.261 e. The summed E-state index contributed by atoms with van der Waals surface area (Å²) in [7, 11) is 0. The number of nitrogens with zero attached hydrogens (tertiary/aromatic N) is 1. The Kier molecular flexibility index (Phi) is 9.49. The maximum atomic E-state index is 13.3. The third-order valence-corrected chi connectivity index (χ3v) is 6.93. The molecule has 8 heteroatoms. The normalized spacial score (nSPS) is 14.8. The standard InChI is InChI=1S/C24H27Cl2IN2O3/c1-2-22(24(31)28-19-5-3-4-6-19)29(14-16-7-8-17(25)13-21(16)26)23(30)15-32-20-11-9-18(27)10-12-20/h7-13,19,22H,2-6,14-15H2,1H3,(H,28,31)/t22-/m1/s1. The van der Waals surface area contributed by atoms with Crippen LogP contribution in [0.15, 0.2) is 42.5 Å². The second-order valence-electron chi connectivity index (χ2n) is 7.91. The minimum atomic E-state index is -0.616. The van der Waals surface area contributed by atoms with Crippen molar-refractivity contribution >= 4 is 57.6 Å². The van der Waals surface area contributed by atoms with Gasteiger partial charge in [0.15, 0.2) is 6.61 Å². The summed E-state index contributed by atoms with van der Waals surface area (Å²) in [5.74, 6) is 0.196. The molecule has 172 valence electrons. The molecule has 0 unspecified atom stereocenters. The van der Waals surface area contributed by atoms with Gasteiger partial charge in [0.25, 0.3) is 5.91 Å². The smallest absolute Gasteiger partial charge is 0.261 e. The van der Waals surface area contributed by atoms with Crippen LogP contribution in [0, 0.1) is 3.57 Å². The van der Waals surface area contributed by atoms with Crippen LogP contribution in [0.1, 0.15) is 44.6 Å². The van der Waals surface area contributed by atoms with Crippen molar-refractivity contribution < 1.29 is 14.3 Å². The molecule has 5 nitrogen and oxygen atoms in total. The average molecular weight is 589 g/mol. The number of carbonyl (C=O) groups excluding carboxylic acids is 2. The predicted octanol–water partition coefficient (Wildman–Crippen LogP) is 5.84. The summed E-state index contributed by atoms with van der Waals surface area (Å²) < 4.78 is 6.80. The molecular formula is C24H27Cl2IN2O3. The van der Waals surface area contributed by atoms with E-state index in [1.54, 1.807) is 23.1 Å². The first kappa shape index (κ1) is 25.1. The molecule has 1 atom stereocenters. The Morgan fingerprint density at radius 3 is 2.47 bits per heavy atom. The summed E-state index contributed by atoms with van der Waals surface area (Å²) in [5, 5.41) is 4.10. The number of benzene rings is 2. The van der Waals surface area contributed by atoms with Crippen LogP contribution >= 0.6 is 45.8 Å². The van der Waals surface area contributed by atoms with Gasteiger partial charge in [-0.05, 0) is 83.8 Å². The lowest BCUT2D eigenvalue weighted by atomic mass is 10.1. The van der Waals surface area contributed by atoms with E-state index in [0.29, 0.717) is 22.2 Å². The highest BCUT2D eigenvalue weighted by Gasteiger charge is 2.31. The molecule has 1 fully saturated rings. The molecule has 1 aliphatic rings. The molecule has 2 amide bonds. The Hall–Kier alpha value is -1.51. The van der Waals surface area contributed by atoms with E-state index < -0.39 is 6.04 Å². The number of hydrogen-bond donors (Lipinski definition) is 1. The molecule has 1 saturated carbocycles. The van der Waals surface area contributed by atoms with Crippen molar-refractivity contribution in [3.8, 4) is 5.75 Å². The molecule has 32 heavy (non-hydrogen) atoms. The summed E-state index contributed by atoms with van der Waals surface area (Å²) in [6.07, 6.45) is 4.69. The van der Waals surface area contributed by atoms with E-state index in [1.807, 2.05) is 31.2 Å². The molecule has 0 bridgehead atoms. The van der Waals surface area contributed by atoms with E-state index in [0.717, 1.165) is 34.8 Å². The molecule has 0 aromatic heterocycles. The van der Waals surface area contributed by atoms with Gasteiger partial charge in [0.05, 0.1) is 0 Å². The summed E-state index contributed by atoms with van der Waals surface area (Å²) in [6, 6.07) is 12.2. The van der Waals surface area contributed by atoms with Crippen molar-refractivity contribution in [1.82, 2.24) is 10.2 Å². The Labute approximate surface area is 212 Å². The third-order valence-electron chi connectivity index (χ3n) is 5.62. The van der Waals surface area contributed by atoms with Gasteiger partial charge in [-0.25, -0.2) is 0 Å². The summed E-state index contributed by atoms with van der Waals surface area (Å²) in [5.41, 5.74) is 0.728. The fraction of sp³-hybridized carbons (Fsp3) is 0.417. The van der Waals surface area contributed by atoms with Crippen molar-refractivity contribution in [2.45, 2.75) is 57.7 Å². The minimum Gasteiger partial charge on any atom is -0.484 e. The van der Waals surface area contributed by atoms with Gasteiger partial charge in [-0.1, -0.05) is 49.0 Å². The number of ether oxygens (including phenoxy) is 1. The fourth-order valence-electron chi connectivity index (χ4n) is 3.88. The van der Waals surface area contributed by atoms with Gasteiger partial charge >= 0.3 is 0 Å². The molecule has 0 heterocycles. The van der Waals surface area contributed by atoms with Gasteiger partial charge in [-0.15, -0.1) is 0 Å². The van der Waals surface area contributed by atoms with Crippen LogP contribution in [0.25, 0.3) is 0 Å². The maximum absolute atomic E-state index is 13.3.